The molecule has 2 aliphatic heterocycles. The van der Waals surface area contributed by atoms with E-state index in [1.165, 1.54) is 10.5 Å². The summed E-state index contributed by atoms with van der Waals surface area (Å²) in [6, 6.07) is 7.72. The minimum Gasteiger partial charge on any atom is -0.348 e. The van der Waals surface area contributed by atoms with Crippen molar-refractivity contribution in [2.45, 2.75) is 44.8 Å². The van der Waals surface area contributed by atoms with E-state index in [0.29, 0.717) is 6.42 Å². The number of benzene rings is 1. The minimum absolute atomic E-state index is 0.0342. The van der Waals surface area contributed by atoms with Crippen molar-refractivity contribution in [2.24, 2.45) is 0 Å². The molecule has 0 spiro atoms. The van der Waals surface area contributed by atoms with Gasteiger partial charge in [0.1, 0.15) is 5.54 Å². The van der Waals surface area contributed by atoms with E-state index in [0.717, 1.165) is 18.7 Å². The van der Waals surface area contributed by atoms with Crippen LogP contribution in [0.4, 0.5) is 4.79 Å². The highest BCUT2D eigenvalue weighted by Crippen LogP contribution is 2.25. The summed E-state index contributed by atoms with van der Waals surface area (Å²) in [4.78, 5) is 39.7. The number of amides is 4. The number of hydrogen-bond acceptors (Lipinski definition) is 4. The van der Waals surface area contributed by atoms with E-state index in [1.54, 1.807) is 13.8 Å². The van der Waals surface area contributed by atoms with E-state index in [1.807, 2.05) is 19.2 Å². The third-order valence-corrected chi connectivity index (χ3v) is 4.93. The van der Waals surface area contributed by atoms with Gasteiger partial charge in [0, 0.05) is 26.1 Å². The van der Waals surface area contributed by atoms with Crippen LogP contribution in [0.15, 0.2) is 24.3 Å². The molecule has 2 heterocycles. The molecule has 0 aliphatic carbocycles. The molecule has 0 bridgehead atoms. The molecule has 0 radical (unpaired) electrons. The minimum atomic E-state index is -0.865. The molecule has 1 aromatic rings. The maximum atomic E-state index is 12.4. The van der Waals surface area contributed by atoms with Gasteiger partial charge in [-0.1, -0.05) is 24.3 Å². The maximum absolute atomic E-state index is 12.4. The fourth-order valence-electron chi connectivity index (χ4n) is 3.59. The lowest BCUT2D eigenvalue weighted by Gasteiger charge is -2.32. The van der Waals surface area contributed by atoms with Crippen LogP contribution in [-0.4, -0.2) is 53.3 Å². The Kier molecular flexibility index (Phi) is 5.00. The van der Waals surface area contributed by atoms with Gasteiger partial charge in [-0.15, -0.1) is 0 Å². The third-order valence-electron chi connectivity index (χ3n) is 4.93. The van der Waals surface area contributed by atoms with Crippen molar-refractivity contribution in [1.29, 1.82) is 0 Å². The first-order chi connectivity index (χ1) is 12.3. The Bertz CT molecular complexity index is 731. The zero-order valence-electron chi connectivity index (χ0n) is 15.5. The normalized spacial score (nSPS) is 22.1. The average Bonchev–Trinajstić information content (AvgIpc) is 2.76. The molecule has 1 atom stereocenters. The number of carbonyl (C=O) groups excluding carboxylic acids is 3. The molecule has 140 valence electrons. The van der Waals surface area contributed by atoms with Gasteiger partial charge >= 0.3 is 6.03 Å². The van der Waals surface area contributed by atoms with E-state index in [9.17, 15) is 14.4 Å². The van der Waals surface area contributed by atoms with Crippen LogP contribution < -0.4 is 10.6 Å². The quantitative estimate of drug-likeness (QED) is 0.780. The van der Waals surface area contributed by atoms with Gasteiger partial charge < -0.3 is 10.6 Å². The Morgan fingerprint density at radius 3 is 2.73 bits per heavy atom. The Morgan fingerprint density at radius 1 is 1.31 bits per heavy atom. The number of hydrogen-bond donors (Lipinski definition) is 2. The molecule has 2 N–H and O–H groups in total. The molecule has 7 nitrogen and oxygen atoms in total. The molecule has 0 aromatic heterocycles. The molecule has 4 amide bonds. The topological polar surface area (TPSA) is 81.8 Å². The van der Waals surface area contributed by atoms with E-state index in [4.69, 9.17) is 0 Å². The first-order valence-corrected chi connectivity index (χ1v) is 8.98. The summed E-state index contributed by atoms with van der Waals surface area (Å²) >= 11 is 0. The van der Waals surface area contributed by atoms with Crippen molar-refractivity contribution in [2.75, 3.05) is 20.1 Å². The summed E-state index contributed by atoms with van der Waals surface area (Å²) in [5, 5.41) is 5.73. The Labute approximate surface area is 153 Å². The summed E-state index contributed by atoms with van der Waals surface area (Å²) in [5.74, 6) is -0.308. The van der Waals surface area contributed by atoms with Gasteiger partial charge in [0.25, 0.3) is 5.91 Å². The molecule has 26 heavy (non-hydrogen) atoms. The standard InChI is InChI=1S/C19H26N4O3/c1-19(2)17(25)23(18(26)21-19)10-6-9-16(24)20-15-12-22(3)11-13-7-4-5-8-14(13)15/h4-5,7-8,15H,6,9-12H2,1-3H3,(H,20,24)(H,21,26). The predicted molar refractivity (Wildman–Crippen MR) is 97.2 cm³/mol. The summed E-state index contributed by atoms with van der Waals surface area (Å²) in [5.41, 5.74) is 1.53. The number of fused-ring (bicyclic) bond motifs is 1. The molecule has 1 unspecified atom stereocenters. The van der Waals surface area contributed by atoms with Crippen molar-refractivity contribution < 1.29 is 14.4 Å². The van der Waals surface area contributed by atoms with Crippen LogP contribution in [0.5, 0.6) is 0 Å². The second-order valence-electron chi connectivity index (χ2n) is 7.63. The second kappa shape index (κ2) is 7.07. The molecule has 1 saturated heterocycles. The monoisotopic (exact) mass is 358 g/mol. The number of carbonyl (C=O) groups is 3. The van der Waals surface area contributed by atoms with Gasteiger partial charge in [-0.3, -0.25) is 19.4 Å². The van der Waals surface area contributed by atoms with Crippen LogP contribution in [0.1, 0.15) is 43.9 Å². The fraction of sp³-hybridized carbons (Fsp3) is 0.526. The zero-order valence-corrected chi connectivity index (χ0v) is 15.5. The Balaban J connectivity index is 1.52. The lowest BCUT2D eigenvalue weighted by atomic mass is 9.95. The van der Waals surface area contributed by atoms with Gasteiger partial charge in [-0.05, 0) is 38.4 Å². The highest BCUT2D eigenvalue weighted by Gasteiger charge is 2.43. The summed E-state index contributed by atoms with van der Waals surface area (Å²) in [6.45, 7) is 5.26. The van der Waals surface area contributed by atoms with Gasteiger partial charge in [-0.2, -0.15) is 0 Å². The van der Waals surface area contributed by atoms with E-state index >= 15 is 0 Å². The molecule has 7 heteroatoms. The first kappa shape index (κ1) is 18.4. The maximum Gasteiger partial charge on any atom is 0.325 e. The lowest BCUT2D eigenvalue weighted by molar-refractivity contribution is -0.130. The molecule has 1 aromatic carbocycles. The van der Waals surface area contributed by atoms with Crippen molar-refractivity contribution in [3.8, 4) is 0 Å². The zero-order chi connectivity index (χ0) is 18.9. The predicted octanol–water partition coefficient (Wildman–Crippen LogP) is 1.40. The number of nitrogens with zero attached hydrogens (tertiary/aromatic N) is 2. The van der Waals surface area contributed by atoms with Crippen molar-refractivity contribution in [1.82, 2.24) is 20.4 Å². The summed E-state index contributed by atoms with van der Waals surface area (Å²) in [6.07, 6.45) is 0.727. The molecule has 3 rings (SSSR count). The van der Waals surface area contributed by atoms with E-state index in [-0.39, 0.29) is 36.9 Å². The highest BCUT2D eigenvalue weighted by molar-refractivity contribution is 6.06. The highest BCUT2D eigenvalue weighted by atomic mass is 16.2. The molecule has 0 saturated carbocycles. The van der Waals surface area contributed by atoms with Crippen LogP contribution in [0.2, 0.25) is 0 Å². The van der Waals surface area contributed by atoms with Crippen LogP contribution in [0.3, 0.4) is 0 Å². The van der Waals surface area contributed by atoms with E-state index < -0.39 is 5.54 Å². The molecular formula is C19H26N4O3. The second-order valence-corrected chi connectivity index (χ2v) is 7.63. The smallest absolute Gasteiger partial charge is 0.325 e. The number of nitrogens with one attached hydrogen (secondary N) is 2. The Morgan fingerprint density at radius 2 is 2.04 bits per heavy atom. The van der Waals surface area contributed by atoms with Gasteiger partial charge in [0.05, 0.1) is 6.04 Å². The van der Waals surface area contributed by atoms with Crippen LogP contribution in [0.25, 0.3) is 0 Å². The van der Waals surface area contributed by atoms with Gasteiger partial charge in [0.2, 0.25) is 5.91 Å². The van der Waals surface area contributed by atoms with Crippen LogP contribution in [0, 0.1) is 0 Å². The van der Waals surface area contributed by atoms with Crippen molar-refractivity contribution in [3.05, 3.63) is 35.4 Å². The van der Waals surface area contributed by atoms with Gasteiger partial charge in [-0.25, -0.2) is 4.79 Å². The van der Waals surface area contributed by atoms with E-state index in [2.05, 4.69) is 27.7 Å². The Hall–Kier alpha value is -2.41. The first-order valence-electron chi connectivity index (χ1n) is 8.98. The number of likely N-dealkylation sites (N-methyl/N-ethyl adjacent to an activating group) is 1. The molecule has 2 aliphatic rings. The van der Waals surface area contributed by atoms with Gasteiger partial charge in [0.15, 0.2) is 0 Å². The molecular weight excluding hydrogens is 332 g/mol. The average molecular weight is 358 g/mol. The van der Waals surface area contributed by atoms with Crippen LogP contribution in [-0.2, 0) is 16.1 Å². The number of urea groups is 1. The van der Waals surface area contributed by atoms with Crippen LogP contribution >= 0.6 is 0 Å². The third kappa shape index (κ3) is 3.72. The summed E-state index contributed by atoms with van der Waals surface area (Å²) in [7, 11) is 2.04. The molecule has 1 fully saturated rings. The number of rotatable bonds is 5. The number of imide groups is 1. The SMILES string of the molecule is CN1Cc2ccccc2C(NC(=O)CCCN2C(=O)NC(C)(C)C2=O)C1. The van der Waals surface area contributed by atoms with Crippen molar-refractivity contribution in [3.63, 3.8) is 0 Å². The fourth-order valence-corrected chi connectivity index (χ4v) is 3.59. The largest absolute Gasteiger partial charge is 0.348 e. The lowest BCUT2D eigenvalue weighted by Crippen LogP contribution is -2.41. The van der Waals surface area contributed by atoms with Crippen molar-refractivity contribution >= 4 is 17.8 Å². The summed E-state index contributed by atoms with van der Waals surface area (Å²) < 4.78 is 0.